The molecule has 17 heavy (non-hydrogen) atoms. The van der Waals surface area contributed by atoms with Crippen molar-refractivity contribution in [3.05, 3.63) is 41.9 Å². The van der Waals surface area contributed by atoms with Gasteiger partial charge in [0, 0.05) is 18.0 Å². The molecule has 1 heterocycles. The van der Waals surface area contributed by atoms with Crippen LogP contribution in [0, 0.1) is 6.92 Å². The molecule has 2 N–H and O–H groups in total. The van der Waals surface area contributed by atoms with E-state index in [1.807, 2.05) is 25.1 Å². The number of hydrogen-bond acceptors (Lipinski definition) is 4. The second kappa shape index (κ2) is 5.01. The first kappa shape index (κ1) is 11.7. The average molecular weight is 228 g/mol. The SMILES string of the molecule is Cc1ccccc1-c1cnnc(CC(C)N)n1. The Morgan fingerprint density at radius 1 is 1.29 bits per heavy atom. The van der Waals surface area contributed by atoms with Crippen molar-refractivity contribution in [2.24, 2.45) is 5.73 Å². The largest absolute Gasteiger partial charge is 0.328 e. The zero-order valence-electron chi connectivity index (χ0n) is 10.1. The van der Waals surface area contributed by atoms with Crippen LogP contribution in [-0.2, 0) is 6.42 Å². The molecule has 88 valence electrons. The average Bonchev–Trinajstić information content (AvgIpc) is 2.29. The number of aromatic nitrogens is 3. The Morgan fingerprint density at radius 3 is 2.76 bits per heavy atom. The Balaban J connectivity index is 2.37. The zero-order chi connectivity index (χ0) is 12.3. The lowest BCUT2D eigenvalue weighted by Gasteiger charge is -2.07. The molecule has 4 heteroatoms. The predicted octanol–water partition coefficient (Wildman–Crippen LogP) is 1.74. The van der Waals surface area contributed by atoms with Crippen molar-refractivity contribution >= 4 is 0 Å². The highest BCUT2D eigenvalue weighted by Crippen LogP contribution is 2.19. The van der Waals surface area contributed by atoms with Gasteiger partial charge in [-0.1, -0.05) is 24.3 Å². The molecule has 0 amide bonds. The number of hydrogen-bond donors (Lipinski definition) is 1. The van der Waals surface area contributed by atoms with Crippen LogP contribution in [0.1, 0.15) is 18.3 Å². The van der Waals surface area contributed by atoms with Crippen LogP contribution in [0.5, 0.6) is 0 Å². The Morgan fingerprint density at radius 2 is 2.06 bits per heavy atom. The molecule has 0 radical (unpaired) electrons. The van der Waals surface area contributed by atoms with Crippen molar-refractivity contribution < 1.29 is 0 Å². The topological polar surface area (TPSA) is 64.7 Å². The minimum absolute atomic E-state index is 0.0453. The van der Waals surface area contributed by atoms with E-state index in [0.717, 1.165) is 11.3 Å². The summed E-state index contributed by atoms with van der Waals surface area (Å²) in [5.74, 6) is 0.695. The third-order valence-corrected chi connectivity index (χ3v) is 2.53. The summed E-state index contributed by atoms with van der Waals surface area (Å²) in [7, 11) is 0. The summed E-state index contributed by atoms with van der Waals surface area (Å²) in [6, 6.07) is 8.15. The van der Waals surface area contributed by atoms with E-state index in [0.29, 0.717) is 12.2 Å². The van der Waals surface area contributed by atoms with Gasteiger partial charge in [-0.3, -0.25) is 0 Å². The standard InChI is InChI=1S/C13H16N4/c1-9-5-3-4-6-11(9)12-8-15-17-13(16-12)7-10(2)14/h3-6,8,10H,7,14H2,1-2H3. The molecule has 0 aliphatic carbocycles. The van der Waals surface area contributed by atoms with Crippen molar-refractivity contribution in [2.75, 3.05) is 0 Å². The van der Waals surface area contributed by atoms with Gasteiger partial charge in [-0.2, -0.15) is 5.10 Å². The van der Waals surface area contributed by atoms with Gasteiger partial charge in [0.15, 0.2) is 5.82 Å². The van der Waals surface area contributed by atoms with E-state index in [4.69, 9.17) is 5.73 Å². The Kier molecular flexibility index (Phi) is 3.44. The van der Waals surface area contributed by atoms with E-state index >= 15 is 0 Å². The molecular formula is C13H16N4. The first-order valence-corrected chi connectivity index (χ1v) is 5.67. The third kappa shape index (κ3) is 2.85. The maximum atomic E-state index is 5.74. The first-order chi connectivity index (χ1) is 8.16. The van der Waals surface area contributed by atoms with Gasteiger partial charge in [-0.15, -0.1) is 5.10 Å². The number of nitrogens with two attached hydrogens (primary N) is 1. The van der Waals surface area contributed by atoms with Crippen LogP contribution < -0.4 is 5.73 Å². The van der Waals surface area contributed by atoms with Crippen LogP contribution in [0.25, 0.3) is 11.3 Å². The molecule has 4 nitrogen and oxygen atoms in total. The van der Waals surface area contributed by atoms with E-state index in [-0.39, 0.29) is 6.04 Å². The Hall–Kier alpha value is -1.81. The van der Waals surface area contributed by atoms with Crippen LogP contribution in [0.3, 0.4) is 0 Å². The smallest absolute Gasteiger partial charge is 0.153 e. The molecule has 0 saturated carbocycles. The summed E-state index contributed by atoms with van der Waals surface area (Å²) in [5.41, 5.74) is 8.86. The maximum absolute atomic E-state index is 5.74. The molecule has 1 aromatic heterocycles. The van der Waals surface area contributed by atoms with Gasteiger partial charge in [0.25, 0.3) is 0 Å². The van der Waals surface area contributed by atoms with E-state index in [2.05, 4.69) is 28.2 Å². The molecule has 2 aromatic rings. The lowest BCUT2D eigenvalue weighted by atomic mass is 10.1. The quantitative estimate of drug-likeness (QED) is 0.869. The maximum Gasteiger partial charge on any atom is 0.153 e. The molecule has 0 fully saturated rings. The van der Waals surface area contributed by atoms with E-state index < -0.39 is 0 Å². The lowest BCUT2D eigenvalue weighted by Crippen LogP contribution is -2.19. The molecule has 1 atom stereocenters. The fraction of sp³-hybridized carbons (Fsp3) is 0.308. The van der Waals surface area contributed by atoms with Crippen LogP contribution in [0.2, 0.25) is 0 Å². The summed E-state index contributed by atoms with van der Waals surface area (Å²) < 4.78 is 0. The second-order valence-electron chi connectivity index (χ2n) is 4.25. The summed E-state index contributed by atoms with van der Waals surface area (Å²) in [6.45, 7) is 3.99. The minimum atomic E-state index is 0.0453. The number of benzene rings is 1. The second-order valence-corrected chi connectivity index (χ2v) is 4.25. The molecule has 0 spiro atoms. The van der Waals surface area contributed by atoms with Gasteiger partial charge < -0.3 is 5.73 Å². The number of rotatable bonds is 3. The summed E-state index contributed by atoms with van der Waals surface area (Å²) in [6.07, 6.45) is 2.33. The highest BCUT2D eigenvalue weighted by molar-refractivity contribution is 5.62. The number of aryl methyl sites for hydroxylation is 1. The van der Waals surface area contributed by atoms with Crippen LogP contribution >= 0.6 is 0 Å². The molecule has 0 bridgehead atoms. The van der Waals surface area contributed by atoms with E-state index in [1.54, 1.807) is 6.20 Å². The van der Waals surface area contributed by atoms with Gasteiger partial charge in [-0.25, -0.2) is 4.98 Å². The van der Waals surface area contributed by atoms with E-state index in [9.17, 15) is 0 Å². The van der Waals surface area contributed by atoms with Gasteiger partial charge in [0.05, 0.1) is 11.9 Å². The lowest BCUT2D eigenvalue weighted by molar-refractivity contribution is 0.686. The highest BCUT2D eigenvalue weighted by Gasteiger charge is 2.06. The molecular weight excluding hydrogens is 212 g/mol. The van der Waals surface area contributed by atoms with Gasteiger partial charge >= 0.3 is 0 Å². The summed E-state index contributed by atoms with van der Waals surface area (Å²) in [4.78, 5) is 4.49. The van der Waals surface area contributed by atoms with Crippen molar-refractivity contribution in [3.63, 3.8) is 0 Å². The van der Waals surface area contributed by atoms with Crippen LogP contribution in [0.15, 0.2) is 30.5 Å². The molecule has 1 aromatic carbocycles. The molecule has 1 unspecified atom stereocenters. The summed E-state index contributed by atoms with van der Waals surface area (Å²) in [5, 5.41) is 7.98. The van der Waals surface area contributed by atoms with Gasteiger partial charge in [0.1, 0.15) is 0 Å². The molecule has 0 saturated heterocycles. The zero-order valence-corrected chi connectivity index (χ0v) is 10.1. The Bertz CT molecular complexity index is 508. The predicted molar refractivity (Wildman–Crippen MR) is 67.4 cm³/mol. The summed E-state index contributed by atoms with van der Waals surface area (Å²) >= 11 is 0. The highest BCUT2D eigenvalue weighted by atomic mass is 15.1. The third-order valence-electron chi connectivity index (χ3n) is 2.53. The monoisotopic (exact) mass is 228 g/mol. The van der Waals surface area contributed by atoms with Crippen molar-refractivity contribution in [2.45, 2.75) is 26.3 Å². The van der Waals surface area contributed by atoms with Crippen molar-refractivity contribution in [3.8, 4) is 11.3 Å². The molecule has 0 aliphatic heterocycles. The van der Waals surface area contributed by atoms with Gasteiger partial charge in [-0.05, 0) is 19.4 Å². The fourth-order valence-corrected chi connectivity index (χ4v) is 1.70. The van der Waals surface area contributed by atoms with Crippen molar-refractivity contribution in [1.29, 1.82) is 0 Å². The normalized spacial score (nSPS) is 12.4. The van der Waals surface area contributed by atoms with Crippen LogP contribution in [-0.4, -0.2) is 21.2 Å². The van der Waals surface area contributed by atoms with Crippen molar-refractivity contribution in [1.82, 2.24) is 15.2 Å². The molecule has 0 aliphatic rings. The van der Waals surface area contributed by atoms with Gasteiger partial charge in [0.2, 0.25) is 0 Å². The fourth-order valence-electron chi connectivity index (χ4n) is 1.70. The van der Waals surface area contributed by atoms with Crippen LogP contribution in [0.4, 0.5) is 0 Å². The minimum Gasteiger partial charge on any atom is -0.328 e. The number of nitrogens with zero attached hydrogens (tertiary/aromatic N) is 3. The van der Waals surface area contributed by atoms with E-state index in [1.165, 1.54) is 5.56 Å². The first-order valence-electron chi connectivity index (χ1n) is 5.67. The molecule has 2 rings (SSSR count). The Labute approximate surface area is 101 Å².